The fourth-order valence-electron chi connectivity index (χ4n) is 3.44. The minimum Gasteiger partial charge on any atom is -0.497 e. The van der Waals surface area contributed by atoms with Crippen LogP contribution < -0.4 is 14.8 Å². The van der Waals surface area contributed by atoms with E-state index in [4.69, 9.17) is 19.0 Å². The third-order valence-electron chi connectivity index (χ3n) is 4.90. The number of carboxylic acids is 1. The Labute approximate surface area is 163 Å². The maximum absolute atomic E-state index is 12.7. The smallest absolute Gasteiger partial charge is 0.311 e. The van der Waals surface area contributed by atoms with Crippen molar-refractivity contribution in [3.63, 3.8) is 0 Å². The van der Waals surface area contributed by atoms with Gasteiger partial charge in [0.1, 0.15) is 23.7 Å². The second kappa shape index (κ2) is 8.82. The molecule has 0 atom stereocenters. The van der Waals surface area contributed by atoms with Crippen molar-refractivity contribution in [3.05, 3.63) is 46.9 Å². The van der Waals surface area contributed by atoms with Gasteiger partial charge >= 0.3 is 5.97 Å². The van der Waals surface area contributed by atoms with Crippen molar-refractivity contribution in [2.24, 2.45) is 0 Å². The number of benzene rings is 1. The van der Waals surface area contributed by atoms with Gasteiger partial charge in [-0.1, -0.05) is 0 Å². The number of aryl methyl sites for hydroxylation is 1. The molecule has 1 heterocycles. The quantitative estimate of drug-likeness (QED) is 0.720. The third-order valence-corrected chi connectivity index (χ3v) is 4.90. The summed E-state index contributed by atoms with van der Waals surface area (Å²) in [6.07, 6.45) is 5.61. The first-order valence-corrected chi connectivity index (χ1v) is 9.38. The summed E-state index contributed by atoms with van der Waals surface area (Å²) in [5, 5.41) is 11.8. The molecular weight excluding hydrogens is 362 g/mol. The monoisotopic (exact) mass is 387 g/mol. The number of hydrogen-bond donors (Lipinski definition) is 2. The molecule has 7 nitrogen and oxygen atoms in total. The Bertz CT molecular complexity index is 851. The van der Waals surface area contributed by atoms with Gasteiger partial charge in [0.2, 0.25) is 0 Å². The van der Waals surface area contributed by atoms with Crippen molar-refractivity contribution in [1.29, 1.82) is 0 Å². The van der Waals surface area contributed by atoms with E-state index in [1.54, 1.807) is 14.0 Å². The molecule has 0 aliphatic heterocycles. The number of methoxy groups -OCH3 is 1. The summed E-state index contributed by atoms with van der Waals surface area (Å²) >= 11 is 0. The van der Waals surface area contributed by atoms with E-state index in [9.17, 15) is 9.59 Å². The number of rotatable bonds is 8. The van der Waals surface area contributed by atoms with Crippen molar-refractivity contribution >= 4 is 11.9 Å². The average molecular weight is 387 g/mol. The van der Waals surface area contributed by atoms with Crippen molar-refractivity contribution in [1.82, 2.24) is 5.32 Å². The van der Waals surface area contributed by atoms with Gasteiger partial charge < -0.3 is 24.3 Å². The Morgan fingerprint density at radius 3 is 2.71 bits per heavy atom. The zero-order chi connectivity index (χ0) is 20.1. The van der Waals surface area contributed by atoms with Crippen molar-refractivity contribution in [3.8, 4) is 11.5 Å². The standard InChI is InChI=1S/C21H25NO6/c1-13-12-27-18(10-19(23)24)20(13)21(25)22-11-14-7-8-16(26-2)9-17(14)28-15-5-3-4-6-15/h7-9,12,15H,3-6,10-11H2,1-2H3,(H,22,25)(H,23,24). The van der Waals surface area contributed by atoms with Crippen molar-refractivity contribution in [2.75, 3.05) is 7.11 Å². The fourth-order valence-corrected chi connectivity index (χ4v) is 3.44. The van der Waals surface area contributed by atoms with Gasteiger partial charge in [-0.25, -0.2) is 0 Å². The van der Waals surface area contributed by atoms with Crippen LogP contribution in [0.3, 0.4) is 0 Å². The zero-order valence-corrected chi connectivity index (χ0v) is 16.1. The lowest BCUT2D eigenvalue weighted by molar-refractivity contribution is -0.136. The number of carbonyl (C=O) groups excluding carboxylic acids is 1. The van der Waals surface area contributed by atoms with Crippen LogP contribution in [0, 0.1) is 6.92 Å². The number of furan rings is 1. The molecule has 0 spiro atoms. The number of hydrogen-bond acceptors (Lipinski definition) is 5. The van der Waals surface area contributed by atoms with Gasteiger partial charge in [0.25, 0.3) is 5.91 Å². The molecule has 1 aromatic heterocycles. The number of nitrogens with one attached hydrogen (secondary N) is 1. The van der Waals surface area contributed by atoms with E-state index in [1.807, 2.05) is 18.2 Å². The summed E-state index contributed by atoms with van der Waals surface area (Å²) in [5.41, 5.74) is 1.71. The molecule has 1 aromatic carbocycles. The van der Waals surface area contributed by atoms with Gasteiger partial charge in [-0.05, 0) is 44.7 Å². The van der Waals surface area contributed by atoms with E-state index in [2.05, 4.69) is 5.32 Å². The van der Waals surface area contributed by atoms with Crippen LogP contribution in [0.4, 0.5) is 0 Å². The molecule has 1 amide bonds. The van der Waals surface area contributed by atoms with E-state index < -0.39 is 5.97 Å². The van der Waals surface area contributed by atoms with Gasteiger partial charge in [0, 0.05) is 23.7 Å². The fraction of sp³-hybridized carbons (Fsp3) is 0.429. The molecule has 3 rings (SSSR count). The molecule has 0 unspecified atom stereocenters. The normalized spacial score (nSPS) is 14.1. The van der Waals surface area contributed by atoms with E-state index in [0.717, 1.165) is 31.2 Å². The SMILES string of the molecule is COc1ccc(CNC(=O)c2c(C)coc2CC(=O)O)c(OC2CCCC2)c1. The van der Waals surface area contributed by atoms with Crippen LogP contribution in [0.1, 0.15) is 52.9 Å². The highest BCUT2D eigenvalue weighted by atomic mass is 16.5. The molecule has 1 aliphatic carbocycles. The van der Waals surface area contributed by atoms with Crippen LogP contribution in [-0.2, 0) is 17.8 Å². The number of aliphatic carboxylic acids is 1. The molecule has 7 heteroatoms. The first-order valence-electron chi connectivity index (χ1n) is 9.38. The largest absolute Gasteiger partial charge is 0.497 e. The second-order valence-corrected chi connectivity index (χ2v) is 6.97. The summed E-state index contributed by atoms with van der Waals surface area (Å²) in [7, 11) is 1.60. The first-order chi connectivity index (χ1) is 13.5. The number of ether oxygens (including phenoxy) is 2. The second-order valence-electron chi connectivity index (χ2n) is 6.97. The first kappa shape index (κ1) is 19.8. The average Bonchev–Trinajstić information content (AvgIpc) is 3.29. The molecule has 0 saturated heterocycles. The summed E-state index contributed by atoms with van der Waals surface area (Å²) in [4.78, 5) is 23.6. The topological polar surface area (TPSA) is 98.0 Å². The van der Waals surface area contributed by atoms with Crippen LogP contribution >= 0.6 is 0 Å². The van der Waals surface area contributed by atoms with Crippen LogP contribution in [0.5, 0.6) is 11.5 Å². The lowest BCUT2D eigenvalue weighted by atomic mass is 10.1. The highest BCUT2D eigenvalue weighted by Crippen LogP contribution is 2.30. The number of carbonyl (C=O) groups is 2. The lowest BCUT2D eigenvalue weighted by Gasteiger charge is -2.18. The lowest BCUT2D eigenvalue weighted by Crippen LogP contribution is -2.25. The van der Waals surface area contributed by atoms with Gasteiger partial charge in [-0.2, -0.15) is 0 Å². The van der Waals surface area contributed by atoms with Crippen LogP contribution in [0.15, 0.2) is 28.9 Å². The van der Waals surface area contributed by atoms with Crippen molar-refractivity contribution < 1.29 is 28.6 Å². The van der Waals surface area contributed by atoms with Gasteiger partial charge in [0.15, 0.2) is 0 Å². The van der Waals surface area contributed by atoms with Crippen LogP contribution in [-0.4, -0.2) is 30.2 Å². The van der Waals surface area contributed by atoms with E-state index in [0.29, 0.717) is 17.1 Å². The van der Waals surface area contributed by atoms with Gasteiger partial charge in [-0.15, -0.1) is 0 Å². The molecule has 1 aliphatic rings. The summed E-state index contributed by atoms with van der Waals surface area (Å²) in [6.45, 7) is 1.97. The maximum Gasteiger partial charge on any atom is 0.311 e. The Morgan fingerprint density at radius 2 is 2.04 bits per heavy atom. The molecule has 0 radical (unpaired) electrons. The predicted molar refractivity (Wildman–Crippen MR) is 102 cm³/mol. The van der Waals surface area contributed by atoms with Gasteiger partial charge in [0.05, 0.1) is 25.0 Å². The highest BCUT2D eigenvalue weighted by molar-refractivity contribution is 5.97. The molecule has 2 N–H and O–H groups in total. The summed E-state index contributed by atoms with van der Waals surface area (Å²) < 4.78 is 16.7. The van der Waals surface area contributed by atoms with Gasteiger partial charge in [-0.3, -0.25) is 9.59 Å². The predicted octanol–water partition coefficient (Wildman–Crippen LogP) is 3.48. The highest BCUT2D eigenvalue weighted by Gasteiger charge is 2.22. The molecule has 1 saturated carbocycles. The van der Waals surface area contributed by atoms with Crippen LogP contribution in [0.2, 0.25) is 0 Å². The van der Waals surface area contributed by atoms with E-state index in [1.165, 1.54) is 6.26 Å². The third kappa shape index (κ3) is 4.65. The molecule has 0 bridgehead atoms. The molecule has 2 aromatic rings. The minimum absolute atomic E-state index is 0.152. The molecular formula is C21H25NO6. The zero-order valence-electron chi connectivity index (χ0n) is 16.1. The van der Waals surface area contributed by atoms with Crippen molar-refractivity contribution in [2.45, 2.75) is 51.7 Å². The molecule has 1 fully saturated rings. The van der Waals surface area contributed by atoms with E-state index in [-0.39, 0.29) is 36.3 Å². The van der Waals surface area contributed by atoms with Crippen LogP contribution in [0.25, 0.3) is 0 Å². The number of amides is 1. The Kier molecular flexibility index (Phi) is 6.23. The van der Waals surface area contributed by atoms with E-state index >= 15 is 0 Å². The minimum atomic E-state index is -1.05. The Hall–Kier alpha value is -2.96. The summed E-state index contributed by atoms with van der Waals surface area (Å²) in [5.74, 6) is 0.120. The maximum atomic E-state index is 12.7. The molecule has 150 valence electrons. The Morgan fingerprint density at radius 1 is 1.29 bits per heavy atom. The summed E-state index contributed by atoms with van der Waals surface area (Å²) in [6, 6.07) is 5.52. The number of carboxylic acid groups (broad SMARTS) is 1. The molecule has 28 heavy (non-hydrogen) atoms. The Balaban J connectivity index is 1.74.